The third-order valence-electron chi connectivity index (χ3n) is 5.02. The van der Waals surface area contributed by atoms with Gasteiger partial charge in [0.1, 0.15) is 0 Å². The van der Waals surface area contributed by atoms with Crippen molar-refractivity contribution in [2.75, 3.05) is 0 Å². The SMILES string of the molecule is Cc1cc(C(F)(F)F)ccc1C(=O)C1CC2CCC(C1)S2(=O)=O. The van der Waals surface area contributed by atoms with Gasteiger partial charge in [-0.05, 0) is 50.3 Å². The summed E-state index contributed by atoms with van der Waals surface area (Å²) in [7, 11) is -3.11. The van der Waals surface area contributed by atoms with Crippen molar-refractivity contribution in [1.82, 2.24) is 0 Å². The van der Waals surface area contributed by atoms with Gasteiger partial charge in [-0.2, -0.15) is 13.2 Å². The molecule has 0 aliphatic carbocycles. The van der Waals surface area contributed by atoms with Crippen LogP contribution in [0, 0.1) is 12.8 Å². The molecule has 2 fully saturated rings. The highest BCUT2D eigenvalue weighted by Gasteiger charge is 2.48. The second-order valence-electron chi connectivity index (χ2n) is 6.47. The van der Waals surface area contributed by atoms with Gasteiger partial charge in [-0.1, -0.05) is 6.07 Å². The van der Waals surface area contributed by atoms with E-state index in [1.165, 1.54) is 13.0 Å². The molecule has 7 heteroatoms. The zero-order chi connectivity index (χ0) is 17.0. The zero-order valence-corrected chi connectivity index (χ0v) is 13.4. The lowest BCUT2D eigenvalue weighted by Gasteiger charge is -2.27. The molecule has 2 aliphatic rings. The van der Waals surface area contributed by atoms with Crippen molar-refractivity contribution >= 4 is 15.6 Å². The van der Waals surface area contributed by atoms with E-state index in [1.54, 1.807) is 0 Å². The van der Waals surface area contributed by atoms with Gasteiger partial charge in [-0.3, -0.25) is 4.79 Å². The number of benzene rings is 1. The number of Topliss-reactive ketones (excluding diaryl/α,β-unsaturated/α-hetero) is 1. The minimum Gasteiger partial charge on any atom is -0.294 e. The summed E-state index contributed by atoms with van der Waals surface area (Å²) in [4.78, 5) is 12.6. The Morgan fingerprint density at radius 3 is 2.17 bits per heavy atom. The predicted molar refractivity (Wildman–Crippen MR) is 79.0 cm³/mol. The van der Waals surface area contributed by atoms with Crippen LogP contribution in [0.15, 0.2) is 18.2 Å². The Bertz CT molecular complexity index is 732. The van der Waals surface area contributed by atoms with Crippen LogP contribution in [0.1, 0.15) is 47.2 Å². The molecule has 2 bridgehead atoms. The predicted octanol–water partition coefficient (Wildman–Crippen LogP) is 3.55. The molecule has 2 heterocycles. The lowest BCUT2D eigenvalue weighted by atomic mass is 9.88. The zero-order valence-electron chi connectivity index (χ0n) is 12.6. The van der Waals surface area contributed by atoms with Gasteiger partial charge in [0.2, 0.25) is 0 Å². The van der Waals surface area contributed by atoms with Crippen molar-refractivity contribution < 1.29 is 26.4 Å². The Morgan fingerprint density at radius 2 is 1.70 bits per heavy atom. The first-order chi connectivity index (χ1) is 10.6. The maximum Gasteiger partial charge on any atom is 0.416 e. The molecule has 0 aromatic heterocycles. The molecule has 0 amide bonds. The third kappa shape index (κ3) is 2.79. The van der Waals surface area contributed by atoms with Gasteiger partial charge in [0, 0.05) is 11.5 Å². The van der Waals surface area contributed by atoms with Gasteiger partial charge in [0.25, 0.3) is 0 Å². The fraction of sp³-hybridized carbons (Fsp3) is 0.562. The molecule has 2 aliphatic heterocycles. The molecule has 0 radical (unpaired) electrons. The first-order valence-corrected chi connectivity index (χ1v) is 9.16. The van der Waals surface area contributed by atoms with Crippen LogP contribution in [-0.4, -0.2) is 24.7 Å². The summed E-state index contributed by atoms with van der Waals surface area (Å²) in [5.74, 6) is -0.644. The number of fused-ring (bicyclic) bond motifs is 2. The minimum absolute atomic E-state index is 0.233. The van der Waals surface area contributed by atoms with Crippen molar-refractivity contribution in [1.29, 1.82) is 0 Å². The smallest absolute Gasteiger partial charge is 0.294 e. The average Bonchev–Trinajstić information content (AvgIpc) is 2.65. The van der Waals surface area contributed by atoms with Gasteiger partial charge < -0.3 is 0 Å². The molecule has 3 nitrogen and oxygen atoms in total. The summed E-state index contributed by atoms with van der Waals surface area (Å²) in [6.07, 6.45) is -2.69. The van der Waals surface area contributed by atoms with Gasteiger partial charge in [-0.25, -0.2) is 8.42 Å². The van der Waals surface area contributed by atoms with Crippen molar-refractivity contribution in [3.63, 3.8) is 0 Å². The molecule has 2 saturated heterocycles. The summed E-state index contributed by atoms with van der Waals surface area (Å²) in [6.45, 7) is 1.48. The Morgan fingerprint density at radius 1 is 1.13 bits per heavy atom. The van der Waals surface area contributed by atoms with Crippen molar-refractivity contribution in [3.8, 4) is 0 Å². The maximum atomic E-state index is 12.7. The monoisotopic (exact) mass is 346 g/mol. The molecule has 23 heavy (non-hydrogen) atoms. The molecule has 0 saturated carbocycles. The number of carbonyl (C=O) groups excluding carboxylic acids is 1. The number of halogens is 3. The molecule has 126 valence electrons. The highest BCUT2D eigenvalue weighted by molar-refractivity contribution is 7.93. The highest BCUT2D eigenvalue weighted by atomic mass is 32.2. The first-order valence-electron chi connectivity index (χ1n) is 7.55. The van der Waals surface area contributed by atoms with Crippen LogP contribution in [-0.2, 0) is 16.0 Å². The van der Waals surface area contributed by atoms with Gasteiger partial charge in [-0.15, -0.1) is 0 Å². The number of rotatable bonds is 2. The Kier molecular flexibility index (Phi) is 3.82. The average molecular weight is 346 g/mol. The summed E-state index contributed by atoms with van der Waals surface area (Å²) >= 11 is 0. The van der Waals surface area contributed by atoms with E-state index in [0.717, 1.165) is 12.1 Å². The topological polar surface area (TPSA) is 51.2 Å². The number of aryl methyl sites for hydroxylation is 1. The van der Waals surface area contributed by atoms with Crippen molar-refractivity contribution in [3.05, 3.63) is 34.9 Å². The molecule has 1 aromatic carbocycles. The third-order valence-corrected chi connectivity index (χ3v) is 7.74. The standard InChI is InChI=1S/C16H17F3O3S/c1-9-6-11(16(17,18)19)2-5-14(9)15(20)10-7-12-3-4-13(8-10)23(12,21)22/h2,5-6,10,12-13H,3-4,7-8H2,1H3. The lowest BCUT2D eigenvalue weighted by Crippen LogP contribution is -2.36. The largest absolute Gasteiger partial charge is 0.416 e. The van der Waals surface area contributed by atoms with Crippen LogP contribution in [0.2, 0.25) is 0 Å². The molecule has 2 unspecified atom stereocenters. The first kappa shape index (κ1) is 16.5. The quantitative estimate of drug-likeness (QED) is 0.770. The Labute approximate surface area is 132 Å². The van der Waals surface area contributed by atoms with Crippen LogP contribution in [0.3, 0.4) is 0 Å². The van der Waals surface area contributed by atoms with Gasteiger partial charge >= 0.3 is 6.18 Å². The minimum atomic E-state index is -4.44. The van der Waals surface area contributed by atoms with Crippen molar-refractivity contribution in [2.45, 2.75) is 49.3 Å². The van der Waals surface area contributed by atoms with Crippen LogP contribution in [0.5, 0.6) is 0 Å². The van der Waals surface area contributed by atoms with Crippen LogP contribution in [0.4, 0.5) is 13.2 Å². The van der Waals surface area contributed by atoms with E-state index in [0.29, 0.717) is 12.8 Å². The van der Waals surface area contributed by atoms with E-state index >= 15 is 0 Å². The van der Waals surface area contributed by atoms with Gasteiger partial charge in [0.05, 0.1) is 16.1 Å². The molecular formula is C16H17F3O3S. The van der Waals surface area contributed by atoms with E-state index in [9.17, 15) is 26.4 Å². The van der Waals surface area contributed by atoms with E-state index in [4.69, 9.17) is 0 Å². The number of carbonyl (C=O) groups is 1. The number of sulfone groups is 1. The summed E-state index contributed by atoms with van der Waals surface area (Å²) in [5, 5.41) is -0.935. The molecule has 1 aromatic rings. The van der Waals surface area contributed by atoms with E-state index < -0.39 is 38.0 Å². The van der Waals surface area contributed by atoms with E-state index in [-0.39, 0.29) is 29.8 Å². The number of hydrogen-bond acceptors (Lipinski definition) is 3. The maximum absolute atomic E-state index is 12.7. The van der Waals surface area contributed by atoms with Crippen LogP contribution >= 0.6 is 0 Å². The molecular weight excluding hydrogens is 329 g/mol. The fourth-order valence-electron chi connectivity index (χ4n) is 3.76. The Balaban J connectivity index is 1.85. The number of hydrogen-bond donors (Lipinski definition) is 0. The van der Waals surface area contributed by atoms with E-state index in [2.05, 4.69) is 0 Å². The lowest BCUT2D eigenvalue weighted by molar-refractivity contribution is -0.137. The second kappa shape index (κ2) is 5.33. The summed E-state index contributed by atoms with van der Waals surface area (Å²) < 4.78 is 62.2. The Hall–Kier alpha value is -1.37. The molecule has 0 N–H and O–H groups in total. The van der Waals surface area contributed by atoms with Crippen molar-refractivity contribution in [2.24, 2.45) is 5.92 Å². The summed E-state index contributed by atoms with van der Waals surface area (Å²) in [5.41, 5.74) is -0.231. The normalized spacial score (nSPS) is 29.5. The summed E-state index contributed by atoms with van der Waals surface area (Å²) in [6, 6.07) is 3.10. The number of alkyl halides is 3. The van der Waals surface area contributed by atoms with Crippen LogP contribution in [0.25, 0.3) is 0 Å². The number of ketones is 1. The molecule has 3 rings (SSSR count). The second-order valence-corrected chi connectivity index (χ2v) is 8.98. The van der Waals surface area contributed by atoms with Crippen LogP contribution < -0.4 is 0 Å². The highest BCUT2D eigenvalue weighted by Crippen LogP contribution is 2.42. The molecule has 2 atom stereocenters. The molecule has 0 spiro atoms. The fourth-order valence-corrected chi connectivity index (χ4v) is 6.23. The van der Waals surface area contributed by atoms with E-state index in [1.807, 2.05) is 0 Å². The van der Waals surface area contributed by atoms with Gasteiger partial charge in [0.15, 0.2) is 15.6 Å².